The van der Waals surface area contributed by atoms with Gasteiger partial charge in [0.2, 0.25) is 0 Å². The Bertz CT molecular complexity index is 477. The summed E-state index contributed by atoms with van der Waals surface area (Å²) in [6.07, 6.45) is 10.5. The smallest absolute Gasteiger partial charge is 0.0130 e. The Morgan fingerprint density at radius 2 is 0.875 bits per heavy atom. The van der Waals surface area contributed by atoms with Crippen LogP contribution in [-0.2, 0) is 12.8 Å². The van der Waals surface area contributed by atoms with Gasteiger partial charge in [0, 0.05) is 7.14 Å². The van der Waals surface area contributed by atoms with Crippen molar-refractivity contribution in [3.8, 4) is 0 Å². The fourth-order valence-corrected chi connectivity index (χ4v) is 3.18. The van der Waals surface area contributed by atoms with Crippen LogP contribution in [0.1, 0.15) is 63.5 Å². The van der Waals surface area contributed by atoms with E-state index in [0.717, 1.165) is 0 Å². The monoisotopic (exact) mass is 548 g/mol. The van der Waals surface area contributed by atoms with E-state index in [9.17, 15) is 0 Å². The number of hydrogen-bond acceptors (Lipinski definition) is 0. The van der Waals surface area contributed by atoms with Crippen LogP contribution in [0.15, 0.2) is 48.5 Å². The molecule has 0 atom stereocenters. The molecule has 0 aliphatic rings. The third kappa shape index (κ3) is 10.7. The van der Waals surface area contributed by atoms with Crippen LogP contribution in [0, 0.1) is 7.14 Å². The van der Waals surface area contributed by atoms with Crippen molar-refractivity contribution in [1.82, 2.24) is 0 Å². The van der Waals surface area contributed by atoms with Gasteiger partial charge in [-0.2, -0.15) is 0 Å². The Balaban J connectivity index is 0.000000240. The van der Waals surface area contributed by atoms with Crippen molar-refractivity contribution < 1.29 is 0 Å². The Kier molecular flexibility index (Phi) is 12.9. The largest absolute Gasteiger partial charge is 0.0654 e. The molecule has 0 aromatic heterocycles. The van der Waals surface area contributed by atoms with Gasteiger partial charge in [-0.15, -0.1) is 0 Å². The number of unbranched alkanes of at least 4 members (excludes halogenated alkanes) is 4. The van der Waals surface area contributed by atoms with Gasteiger partial charge in [-0.25, -0.2) is 0 Å². The van der Waals surface area contributed by atoms with Crippen molar-refractivity contribution in [2.45, 2.75) is 65.2 Å². The maximum absolute atomic E-state index is 2.34. The summed E-state index contributed by atoms with van der Waals surface area (Å²) in [6, 6.07) is 17.7. The first-order valence-electron chi connectivity index (χ1n) is 9.14. The molecule has 2 heteroatoms. The van der Waals surface area contributed by atoms with Gasteiger partial charge in [0.1, 0.15) is 0 Å². The number of hydrogen-bond donors (Lipinski definition) is 0. The highest BCUT2D eigenvalue weighted by molar-refractivity contribution is 14.1. The molecule has 0 amide bonds. The standard InChI is InChI=1S/2C11H15I/c2*1-2-3-4-5-10-6-8-11(12)9-7-10/h2*6-9H,2-5H2,1H3. The van der Waals surface area contributed by atoms with E-state index in [4.69, 9.17) is 0 Å². The first-order chi connectivity index (χ1) is 11.7. The van der Waals surface area contributed by atoms with Gasteiger partial charge in [0.25, 0.3) is 0 Å². The molecule has 0 aliphatic heterocycles. The molecule has 2 aromatic rings. The highest BCUT2D eigenvalue weighted by Crippen LogP contribution is 2.10. The molecule has 0 saturated heterocycles. The molecule has 0 aliphatic carbocycles. The van der Waals surface area contributed by atoms with Gasteiger partial charge in [-0.05, 0) is 106 Å². The lowest BCUT2D eigenvalue weighted by atomic mass is 10.1. The van der Waals surface area contributed by atoms with E-state index in [2.05, 4.69) is 108 Å². The predicted octanol–water partition coefficient (Wildman–Crippen LogP) is 8.05. The summed E-state index contributed by atoms with van der Waals surface area (Å²) in [5, 5.41) is 0. The zero-order chi connectivity index (χ0) is 17.6. The van der Waals surface area contributed by atoms with Crippen molar-refractivity contribution in [1.29, 1.82) is 0 Å². The maximum atomic E-state index is 2.34. The lowest BCUT2D eigenvalue weighted by Gasteiger charge is -1.99. The second-order valence-electron chi connectivity index (χ2n) is 6.17. The molecule has 0 nitrogen and oxygen atoms in total. The highest BCUT2D eigenvalue weighted by atomic mass is 127. The van der Waals surface area contributed by atoms with Crippen LogP contribution in [0.5, 0.6) is 0 Å². The summed E-state index contributed by atoms with van der Waals surface area (Å²) in [4.78, 5) is 0. The molecule has 0 N–H and O–H groups in total. The first-order valence-corrected chi connectivity index (χ1v) is 11.3. The van der Waals surface area contributed by atoms with Gasteiger partial charge in [-0.3, -0.25) is 0 Å². The van der Waals surface area contributed by atoms with Crippen LogP contribution >= 0.6 is 45.2 Å². The number of halogens is 2. The molecule has 0 unspecified atom stereocenters. The molecule has 132 valence electrons. The molecular formula is C22H30I2. The van der Waals surface area contributed by atoms with Crippen LogP contribution in [0.3, 0.4) is 0 Å². The average Bonchev–Trinajstić information content (AvgIpc) is 2.59. The molecule has 0 radical (unpaired) electrons. The third-order valence-corrected chi connectivity index (χ3v) is 5.40. The first kappa shape index (κ1) is 21.9. The van der Waals surface area contributed by atoms with Crippen LogP contribution < -0.4 is 0 Å². The fourth-order valence-electron chi connectivity index (χ4n) is 2.46. The molecule has 0 spiro atoms. The molecule has 0 bridgehead atoms. The molecule has 0 fully saturated rings. The zero-order valence-corrected chi connectivity index (χ0v) is 19.3. The molecular weight excluding hydrogens is 518 g/mol. The summed E-state index contributed by atoms with van der Waals surface area (Å²) >= 11 is 4.68. The van der Waals surface area contributed by atoms with Crippen molar-refractivity contribution >= 4 is 45.2 Å². The third-order valence-electron chi connectivity index (χ3n) is 3.96. The van der Waals surface area contributed by atoms with E-state index in [1.165, 1.54) is 69.6 Å². The van der Waals surface area contributed by atoms with E-state index in [0.29, 0.717) is 0 Å². The van der Waals surface area contributed by atoms with E-state index in [-0.39, 0.29) is 0 Å². The Morgan fingerprint density at radius 3 is 1.17 bits per heavy atom. The maximum Gasteiger partial charge on any atom is 0.0130 e. The second-order valence-corrected chi connectivity index (χ2v) is 8.66. The fraction of sp³-hybridized carbons (Fsp3) is 0.455. The van der Waals surface area contributed by atoms with E-state index in [1.807, 2.05) is 0 Å². The predicted molar refractivity (Wildman–Crippen MR) is 125 cm³/mol. The second kappa shape index (κ2) is 14.1. The number of aryl methyl sites for hydroxylation is 2. The minimum Gasteiger partial charge on any atom is -0.0654 e. The summed E-state index contributed by atoms with van der Waals surface area (Å²) in [7, 11) is 0. The SMILES string of the molecule is CCCCCc1ccc(I)cc1.CCCCCc1ccc(I)cc1. The normalized spacial score (nSPS) is 10.2. The summed E-state index contributed by atoms with van der Waals surface area (Å²) < 4.78 is 2.65. The van der Waals surface area contributed by atoms with Crippen LogP contribution in [0.25, 0.3) is 0 Å². The van der Waals surface area contributed by atoms with Crippen molar-refractivity contribution in [2.24, 2.45) is 0 Å². The number of rotatable bonds is 8. The summed E-state index contributed by atoms with van der Waals surface area (Å²) in [5.41, 5.74) is 2.95. The van der Waals surface area contributed by atoms with Crippen molar-refractivity contribution in [3.63, 3.8) is 0 Å². The molecule has 2 aromatic carbocycles. The Labute approximate surface area is 176 Å². The highest BCUT2D eigenvalue weighted by Gasteiger charge is 1.93. The zero-order valence-electron chi connectivity index (χ0n) is 15.0. The van der Waals surface area contributed by atoms with Gasteiger partial charge < -0.3 is 0 Å². The van der Waals surface area contributed by atoms with Crippen molar-refractivity contribution in [3.05, 3.63) is 66.8 Å². The lowest BCUT2D eigenvalue weighted by Crippen LogP contribution is -1.84. The molecule has 0 saturated carbocycles. The minimum absolute atomic E-state index is 1.24. The van der Waals surface area contributed by atoms with E-state index < -0.39 is 0 Å². The molecule has 0 heterocycles. The van der Waals surface area contributed by atoms with E-state index >= 15 is 0 Å². The van der Waals surface area contributed by atoms with Gasteiger partial charge in [-0.1, -0.05) is 63.8 Å². The summed E-state index contributed by atoms with van der Waals surface area (Å²) in [6.45, 7) is 4.49. The van der Waals surface area contributed by atoms with E-state index in [1.54, 1.807) is 0 Å². The lowest BCUT2D eigenvalue weighted by molar-refractivity contribution is 0.717. The molecule has 2 rings (SSSR count). The van der Waals surface area contributed by atoms with Gasteiger partial charge in [0.15, 0.2) is 0 Å². The van der Waals surface area contributed by atoms with Gasteiger partial charge >= 0.3 is 0 Å². The van der Waals surface area contributed by atoms with Crippen LogP contribution in [0.4, 0.5) is 0 Å². The van der Waals surface area contributed by atoms with Crippen LogP contribution in [-0.4, -0.2) is 0 Å². The number of benzene rings is 2. The minimum atomic E-state index is 1.24. The van der Waals surface area contributed by atoms with Crippen LogP contribution in [0.2, 0.25) is 0 Å². The van der Waals surface area contributed by atoms with Crippen molar-refractivity contribution in [2.75, 3.05) is 0 Å². The molecule has 24 heavy (non-hydrogen) atoms. The Morgan fingerprint density at radius 1 is 0.542 bits per heavy atom. The quantitative estimate of drug-likeness (QED) is 0.231. The average molecular weight is 548 g/mol. The topological polar surface area (TPSA) is 0 Å². The van der Waals surface area contributed by atoms with Gasteiger partial charge in [0.05, 0.1) is 0 Å². The Hall–Kier alpha value is -0.100. The summed E-state index contributed by atoms with van der Waals surface area (Å²) in [5.74, 6) is 0.